The van der Waals surface area contributed by atoms with Gasteiger partial charge in [-0.05, 0) is 12.1 Å². The topological polar surface area (TPSA) is 108 Å². The molecule has 1 N–H and O–H groups in total. The fourth-order valence-corrected chi connectivity index (χ4v) is 1.21. The molecule has 0 saturated heterocycles. The largest absolute Gasteiger partial charge is 0.496 e. The van der Waals surface area contributed by atoms with E-state index in [2.05, 4.69) is 4.84 Å². The Labute approximate surface area is 102 Å². The molecule has 0 bridgehead atoms. The van der Waals surface area contributed by atoms with Crippen molar-refractivity contribution in [2.24, 2.45) is 0 Å². The van der Waals surface area contributed by atoms with Gasteiger partial charge in [0.25, 0.3) is 5.09 Å². The van der Waals surface area contributed by atoms with Crippen molar-refractivity contribution < 1.29 is 29.3 Å². The lowest BCUT2D eigenvalue weighted by atomic mass is 10.2. The molecule has 0 saturated carbocycles. The Balaban J connectivity index is 2.62. The van der Waals surface area contributed by atoms with E-state index in [4.69, 9.17) is 14.6 Å². The summed E-state index contributed by atoms with van der Waals surface area (Å²) in [5, 5.41) is 17.8. The average Bonchev–Trinajstić information content (AvgIpc) is 2.33. The number of carboxylic acid groups (broad SMARTS) is 1. The van der Waals surface area contributed by atoms with Gasteiger partial charge in [0, 0.05) is 6.07 Å². The maximum atomic E-state index is 10.8. The third-order valence-corrected chi connectivity index (χ3v) is 1.95. The highest BCUT2D eigenvalue weighted by atomic mass is 17.0. The van der Waals surface area contributed by atoms with Crippen molar-refractivity contribution in [3.05, 3.63) is 33.9 Å². The monoisotopic (exact) mass is 257 g/mol. The van der Waals surface area contributed by atoms with Gasteiger partial charge in [-0.15, -0.1) is 10.1 Å². The van der Waals surface area contributed by atoms with Crippen LogP contribution in [0.5, 0.6) is 11.5 Å². The van der Waals surface area contributed by atoms with Crippen molar-refractivity contribution in [2.45, 2.75) is 0 Å². The zero-order valence-corrected chi connectivity index (χ0v) is 9.49. The van der Waals surface area contributed by atoms with Crippen LogP contribution in [0.15, 0.2) is 18.2 Å². The van der Waals surface area contributed by atoms with E-state index in [1.165, 1.54) is 25.3 Å². The van der Waals surface area contributed by atoms with Crippen LogP contribution >= 0.6 is 0 Å². The highest BCUT2D eigenvalue weighted by Crippen LogP contribution is 2.24. The zero-order chi connectivity index (χ0) is 13.5. The number of carboxylic acids is 1. The smallest absolute Gasteiger partial charge is 0.339 e. The molecule has 98 valence electrons. The van der Waals surface area contributed by atoms with Gasteiger partial charge in [-0.1, -0.05) is 0 Å². The summed E-state index contributed by atoms with van der Waals surface area (Å²) >= 11 is 0. The Bertz CT molecular complexity index is 446. The lowest BCUT2D eigenvalue weighted by Crippen LogP contribution is -2.10. The minimum Gasteiger partial charge on any atom is -0.496 e. The first-order chi connectivity index (χ1) is 8.54. The fourth-order valence-electron chi connectivity index (χ4n) is 1.21. The summed E-state index contributed by atoms with van der Waals surface area (Å²) < 4.78 is 10.0. The standard InChI is InChI=1S/C10H11NO7/c1-16-9-6-7(2-3-8(9)10(12)13)17-4-5-18-11(14)15/h2-3,6H,4-5H2,1H3,(H,12,13). The molecule has 0 unspecified atom stereocenters. The molecule has 1 aromatic carbocycles. The number of hydrogen-bond donors (Lipinski definition) is 1. The number of benzene rings is 1. The second-order valence-corrected chi connectivity index (χ2v) is 3.07. The quantitative estimate of drug-likeness (QED) is 0.440. The van der Waals surface area contributed by atoms with Crippen LogP contribution in [0, 0.1) is 10.1 Å². The average molecular weight is 257 g/mol. The van der Waals surface area contributed by atoms with Gasteiger partial charge in [-0.25, -0.2) is 4.79 Å². The molecule has 0 radical (unpaired) electrons. The molecular weight excluding hydrogens is 246 g/mol. The molecular formula is C10H11NO7. The van der Waals surface area contributed by atoms with Gasteiger partial charge in [-0.2, -0.15) is 0 Å². The van der Waals surface area contributed by atoms with Gasteiger partial charge in [0.1, 0.15) is 30.3 Å². The first-order valence-electron chi connectivity index (χ1n) is 4.86. The molecule has 0 amide bonds. The van der Waals surface area contributed by atoms with E-state index in [-0.39, 0.29) is 24.5 Å². The third-order valence-electron chi connectivity index (χ3n) is 1.95. The molecule has 1 aromatic rings. The molecule has 0 aliphatic carbocycles. The summed E-state index contributed by atoms with van der Waals surface area (Å²) in [6, 6.07) is 4.14. The minimum absolute atomic E-state index is 0.00592. The van der Waals surface area contributed by atoms with Crippen molar-refractivity contribution in [3.63, 3.8) is 0 Å². The van der Waals surface area contributed by atoms with E-state index in [1.54, 1.807) is 0 Å². The number of nitrogens with zero attached hydrogens (tertiary/aromatic N) is 1. The van der Waals surface area contributed by atoms with Crippen LogP contribution in [-0.2, 0) is 4.84 Å². The highest BCUT2D eigenvalue weighted by molar-refractivity contribution is 5.91. The molecule has 18 heavy (non-hydrogen) atoms. The summed E-state index contributed by atoms with van der Waals surface area (Å²) in [5.41, 5.74) is 0.00592. The van der Waals surface area contributed by atoms with E-state index < -0.39 is 11.1 Å². The second kappa shape index (κ2) is 6.28. The first-order valence-corrected chi connectivity index (χ1v) is 4.86. The fraction of sp³-hybridized carbons (Fsp3) is 0.300. The Morgan fingerprint density at radius 3 is 2.72 bits per heavy atom. The lowest BCUT2D eigenvalue weighted by Gasteiger charge is -2.09. The number of rotatable bonds is 7. The SMILES string of the molecule is COc1cc(OCCO[N+](=O)[O-])ccc1C(=O)O. The predicted octanol–water partition coefficient (Wildman–Crippen LogP) is 0.980. The molecule has 8 heteroatoms. The molecule has 0 atom stereocenters. The molecule has 0 fully saturated rings. The summed E-state index contributed by atoms with van der Waals surface area (Å²) in [6.45, 7) is -0.244. The van der Waals surface area contributed by atoms with Crippen molar-refractivity contribution in [2.75, 3.05) is 20.3 Å². The van der Waals surface area contributed by atoms with Crippen LogP contribution < -0.4 is 9.47 Å². The van der Waals surface area contributed by atoms with Gasteiger partial charge in [-0.3, -0.25) is 0 Å². The van der Waals surface area contributed by atoms with E-state index in [0.29, 0.717) is 5.75 Å². The van der Waals surface area contributed by atoms with Crippen LogP contribution in [0.4, 0.5) is 0 Å². The minimum atomic E-state index is -1.12. The molecule has 8 nitrogen and oxygen atoms in total. The molecule has 0 spiro atoms. The molecule has 0 aromatic heterocycles. The molecule has 0 heterocycles. The van der Waals surface area contributed by atoms with Crippen LogP contribution in [0.25, 0.3) is 0 Å². The normalized spacial score (nSPS) is 9.61. The van der Waals surface area contributed by atoms with Crippen LogP contribution in [0.3, 0.4) is 0 Å². The second-order valence-electron chi connectivity index (χ2n) is 3.07. The van der Waals surface area contributed by atoms with E-state index in [1.807, 2.05) is 0 Å². The van der Waals surface area contributed by atoms with Crippen LogP contribution in [0.2, 0.25) is 0 Å². The number of hydrogen-bond acceptors (Lipinski definition) is 6. The summed E-state index contributed by atoms with van der Waals surface area (Å²) in [4.78, 5) is 24.7. The van der Waals surface area contributed by atoms with Gasteiger partial charge >= 0.3 is 5.97 Å². The summed E-state index contributed by atoms with van der Waals surface area (Å²) in [6.07, 6.45) is 0. The van der Waals surface area contributed by atoms with Gasteiger partial charge in [0.05, 0.1) is 7.11 Å². The molecule has 1 rings (SSSR count). The Morgan fingerprint density at radius 1 is 1.44 bits per heavy atom. The first kappa shape index (κ1) is 13.6. The van der Waals surface area contributed by atoms with Crippen molar-refractivity contribution >= 4 is 5.97 Å². The van der Waals surface area contributed by atoms with E-state index in [9.17, 15) is 14.9 Å². The van der Waals surface area contributed by atoms with Gasteiger partial charge < -0.3 is 19.4 Å². The van der Waals surface area contributed by atoms with Crippen LogP contribution in [-0.4, -0.2) is 36.5 Å². The van der Waals surface area contributed by atoms with Crippen molar-refractivity contribution in [1.29, 1.82) is 0 Å². The number of ether oxygens (including phenoxy) is 2. The maximum Gasteiger partial charge on any atom is 0.339 e. The van der Waals surface area contributed by atoms with Crippen molar-refractivity contribution in [3.8, 4) is 11.5 Å². The van der Waals surface area contributed by atoms with E-state index in [0.717, 1.165) is 0 Å². The zero-order valence-electron chi connectivity index (χ0n) is 9.49. The number of aromatic carboxylic acids is 1. The summed E-state index contributed by atoms with van der Waals surface area (Å²) in [7, 11) is 1.33. The van der Waals surface area contributed by atoms with Gasteiger partial charge in [0.2, 0.25) is 0 Å². The predicted molar refractivity (Wildman–Crippen MR) is 58.4 cm³/mol. The third kappa shape index (κ3) is 3.81. The number of carbonyl (C=O) groups is 1. The van der Waals surface area contributed by atoms with Crippen molar-refractivity contribution in [1.82, 2.24) is 0 Å². The maximum absolute atomic E-state index is 10.8. The van der Waals surface area contributed by atoms with Crippen LogP contribution in [0.1, 0.15) is 10.4 Å². The van der Waals surface area contributed by atoms with E-state index >= 15 is 0 Å². The lowest BCUT2D eigenvalue weighted by molar-refractivity contribution is -0.757. The highest BCUT2D eigenvalue weighted by Gasteiger charge is 2.11. The summed E-state index contributed by atoms with van der Waals surface area (Å²) in [5.74, 6) is -0.630. The molecule has 0 aliphatic rings. The van der Waals surface area contributed by atoms with Gasteiger partial charge in [0.15, 0.2) is 0 Å². The molecule has 0 aliphatic heterocycles. The Kier molecular flexibility index (Phi) is 4.73. The Morgan fingerprint density at radius 2 is 2.17 bits per heavy atom. The number of methoxy groups -OCH3 is 1. The Hall–Kier alpha value is -2.51.